The van der Waals surface area contributed by atoms with E-state index in [1.54, 1.807) is 18.2 Å². The third-order valence-corrected chi connectivity index (χ3v) is 3.73. The van der Waals surface area contributed by atoms with Gasteiger partial charge in [0.1, 0.15) is 6.04 Å². The average Bonchev–Trinajstić information content (AvgIpc) is 2.70. The minimum atomic E-state index is -0.440. The van der Waals surface area contributed by atoms with E-state index >= 15 is 0 Å². The first-order chi connectivity index (χ1) is 8.06. The molecule has 1 fully saturated rings. The maximum absolute atomic E-state index is 11.8. The minimum Gasteiger partial charge on any atom is -0.344 e. The van der Waals surface area contributed by atoms with Gasteiger partial charge >= 0.3 is 0 Å². The Labute approximate surface area is 112 Å². The fourth-order valence-electron chi connectivity index (χ4n) is 1.61. The molecule has 0 unspecified atom stereocenters. The van der Waals surface area contributed by atoms with E-state index in [0.717, 1.165) is 4.47 Å². The molecule has 1 saturated heterocycles. The quantitative estimate of drug-likeness (QED) is 0.879. The summed E-state index contributed by atoms with van der Waals surface area (Å²) in [5.41, 5.74) is 0.615. The van der Waals surface area contributed by atoms with Gasteiger partial charge in [0.25, 0.3) is 0 Å². The average molecular weight is 318 g/mol. The van der Waals surface area contributed by atoms with Crippen molar-refractivity contribution in [1.82, 2.24) is 5.32 Å². The summed E-state index contributed by atoms with van der Waals surface area (Å²) in [5, 5.41) is 5.85. The molecule has 0 radical (unpaired) electrons. The van der Waals surface area contributed by atoms with Crippen LogP contribution in [0.2, 0.25) is 5.02 Å². The first-order valence-electron chi connectivity index (χ1n) is 5.11. The number of hydrogen-bond donors (Lipinski definition) is 2. The first-order valence-corrected chi connectivity index (χ1v) is 6.28. The second kappa shape index (κ2) is 5.06. The van der Waals surface area contributed by atoms with Crippen LogP contribution in [0, 0.1) is 0 Å². The number of halogens is 2. The van der Waals surface area contributed by atoms with Crippen LogP contribution in [0.5, 0.6) is 0 Å². The van der Waals surface area contributed by atoms with Crippen molar-refractivity contribution in [2.24, 2.45) is 0 Å². The Bertz CT molecular complexity index is 479. The molecular weight excluding hydrogens is 307 g/mol. The second-order valence-electron chi connectivity index (χ2n) is 3.78. The zero-order chi connectivity index (χ0) is 12.4. The van der Waals surface area contributed by atoms with E-state index < -0.39 is 6.04 Å². The van der Waals surface area contributed by atoms with E-state index in [1.807, 2.05) is 0 Å². The van der Waals surface area contributed by atoms with Crippen molar-refractivity contribution in [3.05, 3.63) is 27.7 Å². The highest BCUT2D eigenvalue weighted by molar-refractivity contribution is 9.10. The van der Waals surface area contributed by atoms with E-state index in [2.05, 4.69) is 26.6 Å². The van der Waals surface area contributed by atoms with Gasteiger partial charge in [-0.15, -0.1) is 0 Å². The fourth-order valence-corrected chi connectivity index (χ4v) is 2.04. The van der Waals surface area contributed by atoms with Crippen molar-refractivity contribution in [3.8, 4) is 0 Å². The molecule has 0 saturated carbocycles. The lowest BCUT2D eigenvalue weighted by Crippen LogP contribution is -2.37. The van der Waals surface area contributed by atoms with E-state index in [0.29, 0.717) is 23.6 Å². The highest BCUT2D eigenvalue weighted by atomic mass is 79.9. The maximum atomic E-state index is 11.8. The van der Waals surface area contributed by atoms with Crippen LogP contribution in [0.1, 0.15) is 12.8 Å². The molecule has 1 aliphatic heterocycles. The van der Waals surface area contributed by atoms with Crippen LogP contribution < -0.4 is 10.6 Å². The van der Waals surface area contributed by atoms with E-state index in [-0.39, 0.29) is 11.8 Å². The lowest BCUT2D eigenvalue weighted by molar-refractivity contribution is -0.122. The number of nitrogens with one attached hydrogen (secondary N) is 2. The van der Waals surface area contributed by atoms with Gasteiger partial charge in [0, 0.05) is 16.6 Å². The third-order valence-electron chi connectivity index (χ3n) is 2.50. The molecule has 0 aromatic heterocycles. The molecule has 1 aromatic rings. The molecular formula is C11H10BrClN2O2. The molecule has 2 rings (SSSR count). The Balaban J connectivity index is 2.03. The molecule has 1 aliphatic rings. The summed E-state index contributed by atoms with van der Waals surface area (Å²) < 4.78 is 0.770. The Kier molecular flexibility index (Phi) is 3.69. The zero-order valence-corrected chi connectivity index (χ0v) is 11.1. The second-order valence-corrected chi connectivity index (χ2v) is 5.04. The summed E-state index contributed by atoms with van der Waals surface area (Å²) in [4.78, 5) is 22.8. The Hall–Kier alpha value is -1.07. The van der Waals surface area contributed by atoms with Crippen LogP contribution >= 0.6 is 27.5 Å². The zero-order valence-electron chi connectivity index (χ0n) is 8.80. The largest absolute Gasteiger partial charge is 0.344 e. The number of amides is 2. The summed E-state index contributed by atoms with van der Waals surface area (Å²) in [6.45, 7) is 0. The minimum absolute atomic E-state index is 0.0843. The van der Waals surface area contributed by atoms with Crippen LogP contribution in [0.15, 0.2) is 22.7 Å². The molecule has 17 heavy (non-hydrogen) atoms. The SMILES string of the molecule is O=C1CC[C@H](C(=O)Nc2ccc(Br)c(Cl)c2)N1. The summed E-state index contributed by atoms with van der Waals surface area (Å²) in [7, 11) is 0. The number of hydrogen-bond acceptors (Lipinski definition) is 2. The predicted octanol–water partition coefficient (Wildman–Crippen LogP) is 2.32. The van der Waals surface area contributed by atoms with E-state index in [4.69, 9.17) is 11.6 Å². The van der Waals surface area contributed by atoms with Gasteiger partial charge in [0.15, 0.2) is 0 Å². The summed E-state index contributed by atoms with van der Waals surface area (Å²) >= 11 is 9.18. The summed E-state index contributed by atoms with van der Waals surface area (Å²) in [5.74, 6) is -0.298. The van der Waals surface area contributed by atoms with Crippen LogP contribution in [0.25, 0.3) is 0 Å². The molecule has 90 valence electrons. The molecule has 4 nitrogen and oxygen atoms in total. The van der Waals surface area contributed by atoms with Crippen LogP contribution in [0.4, 0.5) is 5.69 Å². The number of carbonyl (C=O) groups is 2. The van der Waals surface area contributed by atoms with Gasteiger partial charge in [-0.2, -0.15) is 0 Å². The van der Waals surface area contributed by atoms with Crippen molar-refractivity contribution < 1.29 is 9.59 Å². The molecule has 0 aliphatic carbocycles. The molecule has 1 atom stereocenters. The monoisotopic (exact) mass is 316 g/mol. The maximum Gasteiger partial charge on any atom is 0.246 e. The smallest absolute Gasteiger partial charge is 0.246 e. The van der Waals surface area contributed by atoms with E-state index in [1.165, 1.54) is 0 Å². The van der Waals surface area contributed by atoms with Crippen LogP contribution in [0.3, 0.4) is 0 Å². The van der Waals surface area contributed by atoms with Crippen molar-refractivity contribution in [1.29, 1.82) is 0 Å². The van der Waals surface area contributed by atoms with Gasteiger partial charge in [-0.25, -0.2) is 0 Å². The van der Waals surface area contributed by atoms with Gasteiger partial charge in [-0.05, 0) is 40.5 Å². The van der Waals surface area contributed by atoms with Gasteiger partial charge < -0.3 is 10.6 Å². The molecule has 6 heteroatoms. The Morgan fingerprint density at radius 3 is 2.88 bits per heavy atom. The topological polar surface area (TPSA) is 58.2 Å². The Morgan fingerprint density at radius 1 is 1.53 bits per heavy atom. The lowest BCUT2D eigenvalue weighted by Gasteiger charge is -2.11. The Morgan fingerprint density at radius 2 is 2.29 bits per heavy atom. The van der Waals surface area contributed by atoms with Crippen LogP contribution in [-0.2, 0) is 9.59 Å². The number of anilines is 1. The van der Waals surface area contributed by atoms with Crippen molar-refractivity contribution in [2.45, 2.75) is 18.9 Å². The van der Waals surface area contributed by atoms with Crippen molar-refractivity contribution in [3.63, 3.8) is 0 Å². The molecule has 1 heterocycles. The van der Waals surface area contributed by atoms with Crippen LogP contribution in [-0.4, -0.2) is 17.9 Å². The van der Waals surface area contributed by atoms with Gasteiger partial charge in [-0.1, -0.05) is 11.6 Å². The molecule has 1 aromatic carbocycles. The number of carbonyl (C=O) groups excluding carboxylic acids is 2. The normalized spacial score (nSPS) is 18.9. The fraction of sp³-hybridized carbons (Fsp3) is 0.273. The van der Waals surface area contributed by atoms with Crippen molar-refractivity contribution >= 4 is 45.0 Å². The highest BCUT2D eigenvalue weighted by Gasteiger charge is 2.27. The van der Waals surface area contributed by atoms with Crippen molar-refractivity contribution in [2.75, 3.05) is 5.32 Å². The predicted molar refractivity (Wildman–Crippen MR) is 68.9 cm³/mol. The molecule has 2 N–H and O–H groups in total. The highest BCUT2D eigenvalue weighted by Crippen LogP contribution is 2.25. The summed E-state index contributed by atoms with van der Waals surface area (Å²) in [6.07, 6.45) is 0.939. The lowest BCUT2D eigenvalue weighted by atomic mass is 10.2. The van der Waals surface area contributed by atoms with Gasteiger partial charge in [-0.3, -0.25) is 9.59 Å². The van der Waals surface area contributed by atoms with Gasteiger partial charge in [0.05, 0.1) is 5.02 Å². The van der Waals surface area contributed by atoms with Gasteiger partial charge in [0.2, 0.25) is 11.8 Å². The summed E-state index contributed by atoms with van der Waals surface area (Å²) in [6, 6.07) is 4.71. The standard InChI is InChI=1S/C11H10BrClN2O2/c12-7-2-1-6(5-8(7)13)14-11(17)9-3-4-10(16)15-9/h1-2,5,9H,3-4H2,(H,14,17)(H,15,16)/t9-/m1/s1. The number of rotatable bonds is 2. The van der Waals surface area contributed by atoms with E-state index in [9.17, 15) is 9.59 Å². The number of benzene rings is 1. The molecule has 0 spiro atoms. The molecule has 2 amide bonds. The molecule has 0 bridgehead atoms. The third kappa shape index (κ3) is 2.98. The first kappa shape index (κ1) is 12.4.